The van der Waals surface area contributed by atoms with Crippen LogP contribution in [0.2, 0.25) is 0 Å². The lowest BCUT2D eigenvalue weighted by Crippen LogP contribution is -2.18. The molecule has 2 nitrogen and oxygen atoms in total. The van der Waals surface area contributed by atoms with Gasteiger partial charge in [0, 0.05) is 18.5 Å². The molecule has 0 spiro atoms. The highest BCUT2D eigenvalue weighted by Gasteiger charge is 2.13. The minimum absolute atomic E-state index is 0.961. The molecular weight excluding hydrogens is 208 g/mol. The minimum Gasteiger partial charge on any atom is -0.313 e. The Hall–Kier alpha value is -1.15. The third-order valence-corrected chi connectivity index (χ3v) is 2.91. The molecule has 94 valence electrons. The zero-order valence-electron chi connectivity index (χ0n) is 11.5. The van der Waals surface area contributed by atoms with Gasteiger partial charge in [0.05, 0.1) is 0 Å². The molecule has 0 aromatic carbocycles. The van der Waals surface area contributed by atoms with Crippen molar-refractivity contribution in [3.8, 4) is 0 Å². The van der Waals surface area contributed by atoms with Crippen LogP contribution in [0.5, 0.6) is 0 Å². The van der Waals surface area contributed by atoms with Crippen molar-refractivity contribution in [2.24, 2.45) is 4.99 Å². The molecular formula is C15H24N2. The molecule has 0 bridgehead atoms. The largest absolute Gasteiger partial charge is 0.313 e. The number of nitrogens with zero attached hydrogens (tertiary/aromatic N) is 1. The van der Waals surface area contributed by atoms with E-state index in [2.05, 4.69) is 36.3 Å². The molecule has 1 N–H and O–H groups in total. The number of hydrogen-bond donors (Lipinski definition) is 1. The fourth-order valence-electron chi connectivity index (χ4n) is 2.08. The Kier molecular flexibility index (Phi) is 5.92. The average Bonchev–Trinajstić information content (AvgIpc) is 2.55. The monoisotopic (exact) mass is 232 g/mol. The summed E-state index contributed by atoms with van der Waals surface area (Å²) >= 11 is 0. The molecule has 2 heterocycles. The second kappa shape index (κ2) is 7.23. The van der Waals surface area contributed by atoms with E-state index in [4.69, 9.17) is 0 Å². The standard InChI is InChI=1S/C13H18N2.C2H6/c1-10-5-7-15-13-4-3-6-14-9-12(13)11(2)8-10;1-2/h5,7-8,14H,3-4,6,9H2,1-2H3;1-2H3/b7-5-,10-5?,10-8-,11-8?,12-11+,15-7?,15-13+;. The Balaban J connectivity index is 0.000000686. The molecule has 2 heteroatoms. The Bertz CT molecular complexity index is 370. The predicted octanol–water partition coefficient (Wildman–Crippen LogP) is 3.63. The number of nitrogens with one attached hydrogen (secondary N) is 1. The molecule has 0 amide bonds. The highest BCUT2D eigenvalue weighted by molar-refractivity contribution is 6.02. The zero-order chi connectivity index (χ0) is 12.7. The highest BCUT2D eigenvalue weighted by atomic mass is 14.9. The molecule has 2 aliphatic heterocycles. The first-order chi connectivity index (χ1) is 8.27. The maximum Gasteiger partial charge on any atom is 0.0451 e. The van der Waals surface area contributed by atoms with Crippen LogP contribution in [0.1, 0.15) is 40.5 Å². The normalized spacial score (nSPS) is 32.2. The maximum absolute atomic E-state index is 4.56. The maximum atomic E-state index is 4.56. The van der Waals surface area contributed by atoms with Gasteiger partial charge < -0.3 is 5.32 Å². The SMILES string of the molecule is CC.CC1=C/C(C)=C2\CNCCC\C2=N/C=C\1. The summed E-state index contributed by atoms with van der Waals surface area (Å²) in [4.78, 5) is 4.56. The fourth-order valence-corrected chi connectivity index (χ4v) is 2.08. The molecule has 2 aliphatic rings. The summed E-state index contributed by atoms with van der Waals surface area (Å²) in [7, 11) is 0. The van der Waals surface area contributed by atoms with Gasteiger partial charge in [-0.15, -0.1) is 0 Å². The Labute approximate surface area is 105 Å². The molecule has 0 unspecified atom stereocenters. The van der Waals surface area contributed by atoms with Crippen LogP contribution in [0.4, 0.5) is 0 Å². The molecule has 17 heavy (non-hydrogen) atoms. The average molecular weight is 232 g/mol. The molecule has 0 atom stereocenters. The van der Waals surface area contributed by atoms with E-state index < -0.39 is 0 Å². The lowest BCUT2D eigenvalue weighted by Gasteiger charge is -2.11. The third kappa shape index (κ3) is 3.97. The van der Waals surface area contributed by atoms with Crippen LogP contribution in [0.15, 0.2) is 40.1 Å². The van der Waals surface area contributed by atoms with Gasteiger partial charge in [0.1, 0.15) is 0 Å². The van der Waals surface area contributed by atoms with Crippen LogP contribution in [0.3, 0.4) is 0 Å². The van der Waals surface area contributed by atoms with Crippen molar-refractivity contribution in [3.63, 3.8) is 0 Å². The number of aliphatic imine (C=N–C) groups is 1. The van der Waals surface area contributed by atoms with E-state index in [1.165, 1.54) is 28.9 Å². The van der Waals surface area contributed by atoms with Crippen molar-refractivity contribution in [2.75, 3.05) is 13.1 Å². The lowest BCUT2D eigenvalue weighted by atomic mass is 9.99. The van der Waals surface area contributed by atoms with Gasteiger partial charge in [-0.05, 0) is 56.0 Å². The van der Waals surface area contributed by atoms with Gasteiger partial charge in [-0.2, -0.15) is 0 Å². The molecule has 0 saturated carbocycles. The van der Waals surface area contributed by atoms with Crippen molar-refractivity contribution >= 4 is 5.71 Å². The number of hydrogen-bond acceptors (Lipinski definition) is 2. The van der Waals surface area contributed by atoms with Crippen LogP contribution in [-0.2, 0) is 0 Å². The third-order valence-electron chi connectivity index (χ3n) is 2.91. The van der Waals surface area contributed by atoms with Gasteiger partial charge in [0.15, 0.2) is 0 Å². The molecule has 0 radical (unpaired) electrons. The minimum atomic E-state index is 0.961. The molecule has 1 saturated heterocycles. The van der Waals surface area contributed by atoms with E-state index in [-0.39, 0.29) is 0 Å². The van der Waals surface area contributed by atoms with Crippen LogP contribution >= 0.6 is 0 Å². The summed E-state index contributed by atoms with van der Waals surface area (Å²) in [5.41, 5.74) is 5.27. The van der Waals surface area contributed by atoms with Gasteiger partial charge in [-0.1, -0.05) is 19.9 Å². The van der Waals surface area contributed by atoms with E-state index in [9.17, 15) is 0 Å². The van der Waals surface area contributed by atoms with Crippen molar-refractivity contribution in [1.29, 1.82) is 0 Å². The summed E-state index contributed by atoms with van der Waals surface area (Å²) in [5, 5.41) is 3.45. The first-order valence-corrected chi connectivity index (χ1v) is 6.60. The quantitative estimate of drug-likeness (QED) is 0.677. The Morgan fingerprint density at radius 3 is 2.76 bits per heavy atom. The van der Waals surface area contributed by atoms with E-state index in [0.717, 1.165) is 19.5 Å². The molecule has 2 rings (SSSR count). The summed E-state index contributed by atoms with van der Waals surface area (Å²) in [6.45, 7) is 10.4. The van der Waals surface area contributed by atoms with E-state index in [0.29, 0.717) is 0 Å². The number of fused-ring (bicyclic) bond motifs is 1. The van der Waals surface area contributed by atoms with Gasteiger partial charge >= 0.3 is 0 Å². The van der Waals surface area contributed by atoms with Gasteiger partial charge in [0.2, 0.25) is 0 Å². The number of rotatable bonds is 0. The van der Waals surface area contributed by atoms with Crippen molar-refractivity contribution in [2.45, 2.75) is 40.5 Å². The smallest absolute Gasteiger partial charge is 0.0451 e. The van der Waals surface area contributed by atoms with Crippen molar-refractivity contribution in [1.82, 2.24) is 5.32 Å². The van der Waals surface area contributed by atoms with Gasteiger partial charge in [-0.25, -0.2) is 0 Å². The highest BCUT2D eigenvalue weighted by Crippen LogP contribution is 2.17. The summed E-state index contributed by atoms with van der Waals surface area (Å²) in [6, 6.07) is 0. The first kappa shape index (κ1) is 13.9. The summed E-state index contributed by atoms with van der Waals surface area (Å²) < 4.78 is 0. The Morgan fingerprint density at radius 2 is 2.00 bits per heavy atom. The first-order valence-electron chi connectivity index (χ1n) is 6.60. The van der Waals surface area contributed by atoms with Crippen LogP contribution < -0.4 is 5.32 Å². The van der Waals surface area contributed by atoms with Crippen molar-refractivity contribution in [3.05, 3.63) is 35.1 Å². The van der Waals surface area contributed by atoms with E-state index >= 15 is 0 Å². The second-order valence-corrected chi connectivity index (χ2v) is 4.22. The second-order valence-electron chi connectivity index (χ2n) is 4.22. The van der Waals surface area contributed by atoms with Gasteiger partial charge in [-0.3, -0.25) is 4.99 Å². The predicted molar refractivity (Wildman–Crippen MR) is 76.5 cm³/mol. The van der Waals surface area contributed by atoms with Crippen LogP contribution in [0.25, 0.3) is 0 Å². The van der Waals surface area contributed by atoms with Crippen LogP contribution in [-0.4, -0.2) is 18.8 Å². The lowest BCUT2D eigenvalue weighted by molar-refractivity contribution is 0.725. The fraction of sp³-hybridized carbons (Fsp3) is 0.533. The van der Waals surface area contributed by atoms with Crippen LogP contribution in [0, 0.1) is 0 Å². The van der Waals surface area contributed by atoms with Crippen molar-refractivity contribution < 1.29 is 0 Å². The van der Waals surface area contributed by atoms with Gasteiger partial charge in [0.25, 0.3) is 0 Å². The topological polar surface area (TPSA) is 24.4 Å². The van der Waals surface area contributed by atoms with E-state index in [1.54, 1.807) is 0 Å². The molecule has 0 aliphatic carbocycles. The summed E-state index contributed by atoms with van der Waals surface area (Å²) in [6.07, 6.45) is 8.53. The summed E-state index contributed by atoms with van der Waals surface area (Å²) in [5.74, 6) is 0. The zero-order valence-corrected chi connectivity index (χ0v) is 11.5. The number of allylic oxidation sites excluding steroid dienone is 4. The molecule has 1 fully saturated rings. The Morgan fingerprint density at radius 1 is 1.24 bits per heavy atom. The molecule has 0 aromatic rings. The van der Waals surface area contributed by atoms with E-state index in [1.807, 2.05) is 20.0 Å². The molecule has 0 aromatic heterocycles.